The van der Waals surface area contributed by atoms with Crippen LogP contribution in [0.1, 0.15) is 47.5 Å². The van der Waals surface area contributed by atoms with Gasteiger partial charge in [0.2, 0.25) is 0 Å². The molecular formula is C14H30N2. The van der Waals surface area contributed by atoms with Gasteiger partial charge in [-0.3, -0.25) is 4.90 Å². The molecule has 0 spiro atoms. The van der Waals surface area contributed by atoms with Gasteiger partial charge in [0.05, 0.1) is 0 Å². The van der Waals surface area contributed by atoms with E-state index in [0.717, 1.165) is 17.9 Å². The molecule has 96 valence electrons. The van der Waals surface area contributed by atoms with E-state index in [9.17, 15) is 0 Å². The second-order valence-electron chi connectivity index (χ2n) is 5.71. The summed E-state index contributed by atoms with van der Waals surface area (Å²) in [4.78, 5) is 2.71. The van der Waals surface area contributed by atoms with Gasteiger partial charge in [0, 0.05) is 25.2 Å². The maximum atomic E-state index is 3.75. The highest BCUT2D eigenvalue weighted by Gasteiger charge is 2.30. The number of piperazine rings is 1. The van der Waals surface area contributed by atoms with Crippen molar-refractivity contribution in [2.45, 2.75) is 59.5 Å². The van der Waals surface area contributed by atoms with Crippen molar-refractivity contribution in [2.75, 3.05) is 19.6 Å². The predicted molar refractivity (Wildman–Crippen MR) is 71.7 cm³/mol. The summed E-state index contributed by atoms with van der Waals surface area (Å²) < 4.78 is 0. The molecule has 1 heterocycles. The molecule has 3 unspecified atom stereocenters. The average molecular weight is 226 g/mol. The van der Waals surface area contributed by atoms with Gasteiger partial charge in [0.15, 0.2) is 0 Å². The summed E-state index contributed by atoms with van der Waals surface area (Å²) in [5.41, 5.74) is 0. The highest BCUT2D eigenvalue weighted by atomic mass is 15.2. The van der Waals surface area contributed by atoms with E-state index in [0.29, 0.717) is 6.04 Å². The molecule has 1 saturated heterocycles. The van der Waals surface area contributed by atoms with Crippen molar-refractivity contribution in [2.24, 2.45) is 11.8 Å². The lowest BCUT2D eigenvalue weighted by Gasteiger charge is -2.44. The molecule has 0 aliphatic carbocycles. The molecule has 1 fully saturated rings. The van der Waals surface area contributed by atoms with Gasteiger partial charge in [-0.2, -0.15) is 0 Å². The van der Waals surface area contributed by atoms with Gasteiger partial charge in [-0.15, -0.1) is 0 Å². The van der Waals surface area contributed by atoms with Gasteiger partial charge in [-0.25, -0.2) is 0 Å². The minimum absolute atomic E-state index is 0.701. The lowest BCUT2D eigenvalue weighted by atomic mass is 9.92. The quantitative estimate of drug-likeness (QED) is 0.775. The van der Waals surface area contributed by atoms with Crippen LogP contribution in [0.2, 0.25) is 0 Å². The standard InChI is InChI=1S/C14H30N2/c1-6-8-16-10-13(12(5)7-2)15-9-14(16)11(3)4/h11-15H,6-10H2,1-5H3. The summed E-state index contributed by atoms with van der Waals surface area (Å²) in [6, 6.07) is 1.44. The summed E-state index contributed by atoms with van der Waals surface area (Å²) >= 11 is 0. The van der Waals surface area contributed by atoms with Crippen LogP contribution in [-0.4, -0.2) is 36.6 Å². The summed E-state index contributed by atoms with van der Waals surface area (Å²) in [6.07, 6.45) is 2.56. The second-order valence-corrected chi connectivity index (χ2v) is 5.71. The normalized spacial score (nSPS) is 29.6. The Morgan fingerprint density at radius 3 is 2.44 bits per heavy atom. The van der Waals surface area contributed by atoms with Crippen LogP contribution in [0.25, 0.3) is 0 Å². The molecule has 0 aromatic rings. The zero-order valence-electron chi connectivity index (χ0n) is 11.8. The Morgan fingerprint density at radius 2 is 1.94 bits per heavy atom. The lowest BCUT2D eigenvalue weighted by Crippen LogP contribution is -2.59. The van der Waals surface area contributed by atoms with Gasteiger partial charge in [-0.1, -0.05) is 41.0 Å². The van der Waals surface area contributed by atoms with Crippen LogP contribution in [0.3, 0.4) is 0 Å². The lowest BCUT2D eigenvalue weighted by molar-refractivity contribution is 0.0821. The highest BCUT2D eigenvalue weighted by Crippen LogP contribution is 2.19. The van der Waals surface area contributed by atoms with Crippen LogP contribution < -0.4 is 5.32 Å². The summed E-state index contributed by atoms with van der Waals surface area (Å²) in [5, 5.41) is 3.75. The number of hydrogen-bond donors (Lipinski definition) is 1. The second kappa shape index (κ2) is 6.61. The van der Waals surface area contributed by atoms with E-state index in [-0.39, 0.29) is 0 Å². The molecular weight excluding hydrogens is 196 g/mol. The van der Waals surface area contributed by atoms with Crippen LogP contribution in [0.5, 0.6) is 0 Å². The van der Waals surface area contributed by atoms with Crippen LogP contribution in [-0.2, 0) is 0 Å². The van der Waals surface area contributed by atoms with E-state index in [1.807, 2.05) is 0 Å². The monoisotopic (exact) mass is 226 g/mol. The third-order valence-corrected chi connectivity index (χ3v) is 4.10. The minimum atomic E-state index is 0.701. The molecule has 3 atom stereocenters. The number of rotatable bonds is 5. The first-order valence-electron chi connectivity index (χ1n) is 7.07. The fourth-order valence-corrected chi connectivity index (χ4v) is 2.72. The highest BCUT2D eigenvalue weighted by molar-refractivity contribution is 4.89. The maximum Gasteiger partial charge on any atom is 0.0244 e. The Kier molecular flexibility index (Phi) is 5.77. The first kappa shape index (κ1) is 14.0. The van der Waals surface area contributed by atoms with Crippen LogP contribution >= 0.6 is 0 Å². The molecule has 0 amide bonds. The molecule has 1 rings (SSSR count). The SMILES string of the molecule is CCCN1CC(C(C)CC)NCC1C(C)C. The van der Waals surface area contributed by atoms with Gasteiger partial charge >= 0.3 is 0 Å². The van der Waals surface area contributed by atoms with Crippen molar-refractivity contribution >= 4 is 0 Å². The summed E-state index contributed by atoms with van der Waals surface area (Å²) in [6.45, 7) is 15.3. The molecule has 0 aromatic heterocycles. The Bertz CT molecular complexity index is 191. The Balaban J connectivity index is 2.57. The minimum Gasteiger partial charge on any atom is -0.311 e. The van der Waals surface area contributed by atoms with E-state index in [1.165, 1.54) is 32.5 Å². The molecule has 1 aliphatic rings. The molecule has 0 saturated carbocycles. The molecule has 16 heavy (non-hydrogen) atoms. The number of nitrogens with one attached hydrogen (secondary N) is 1. The fourth-order valence-electron chi connectivity index (χ4n) is 2.72. The van der Waals surface area contributed by atoms with Crippen molar-refractivity contribution in [3.63, 3.8) is 0 Å². The maximum absolute atomic E-state index is 3.75. The Morgan fingerprint density at radius 1 is 1.25 bits per heavy atom. The van der Waals surface area contributed by atoms with Gasteiger partial charge in [-0.05, 0) is 24.8 Å². The van der Waals surface area contributed by atoms with Crippen molar-refractivity contribution in [1.29, 1.82) is 0 Å². The number of nitrogens with zero attached hydrogens (tertiary/aromatic N) is 1. The van der Waals surface area contributed by atoms with E-state index >= 15 is 0 Å². The largest absolute Gasteiger partial charge is 0.311 e. The average Bonchev–Trinajstić information content (AvgIpc) is 2.28. The summed E-state index contributed by atoms with van der Waals surface area (Å²) in [5.74, 6) is 1.56. The van der Waals surface area contributed by atoms with Crippen LogP contribution in [0.4, 0.5) is 0 Å². The van der Waals surface area contributed by atoms with E-state index < -0.39 is 0 Å². The molecule has 1 N–H and O–H groups in total. The topological polar surface area (TPSA) is 15.3 Å². The van der Waals surface area contributed by atoms with Crippen molar-refractivity contribution in [1.82, 2.24) is 10.2 Å². The molecule has 0 bridgehead atoms. The van der Waals surface area contributed by atoms with Crippen LogP contribution in [0, 0.1) is 11.8 Å². The van der Waals surface area contributed by atoms with Crippen molar-refractivity contribution < 1.29 is 0 Å². The number of hydrogen-bond acceptors (Lipinski definition) is 2. The smallest absolute Gasteiger partial charge is 0.0244 e. The molecule has 2 nitrogen and oxygen atoms in total. The molecule has 2 heteroatoms. The molecule has 0 aromatic carbocycles. The van der Waals surface area contributed by atoms with Gasteiger partial charge < -0.3 is 5.32 Å². The van der Waals surface area contributed by atoms with Crippen LogP contribution in [0.15, 0.2) is 0 Å². The first-order valence-corrected chi connectivity index (χ1v) is 7.07. The summed E-state index contributed by atoms with van der Waals surface area (Å²) in [7, 11) is 0. The zero-order valence-corrected chi connectivity index (χ0v) is 11.8. The third-order valence-electron chi connectivity index (χ3n) is 4.10. The van der Waals surface area contributed by atoms with Gasteiger partial charge in [0.1, 0.15) is 0 Å². The van der Waals surface area contributed by atoms with E-state index in [1.54, 1.807) is 0 Å². The predicted octanol–water partition coefficient (Wildman–Crippen LogP) is 2.74. The van der Waals surface area contributed by atoms with E-state index in [4.69, 9.17) is 0 Å². The molecule has 0 radical (unpaired) electrons. The first-order chi connectivity index (χ1) is 7.60. The van der Waals surface area contributed by atoms with Crippen molar-refractivity contribution in [3.05, 3.63) is 0 Å². The van der Waals surface area contributed by atoms with E-state index in [2.05, 4.69) is 44.8 Å². The Hall–Kier alpha value is -0.0800. The fraction of sp³-hybridized carbons (Fsp3) is 1.00. The van der Waals surface area contributed by atoms with Gasteiger partial charge in [0.25, 0.3) is 0 Å². The molecule has 1 aliphatic heterocycles. The Labute approximate surface area is 102 Å². The third kappa shape index (κ3) is 3.46. The van der Waals surface area contributed by atoms with Crippen molar-refractivity contribution in [3.8, 4) is 0 Å². The zero-order chi connectivity index (χ0) is 12.1.